The number of ketones is 1. The van der Waals surface area contributed by atoms with Crippen LogP contribution in [0.2, 0.25) is 0 Å². The molecule has 0 atom stereocenters. The topological polar surface area (TPSA) is 88.6 Å². The van der Waals surface area contributed by atoms with Crippen LogP contribution in [0.4, 0.5) is 0 Å². The molecule has 1 N–H and O–H groups in total. The molecule has 0 spiro atoms. The highest BCUT2D eigenvalue weighted by Gasteiger charge is 2.37. The summed E-state index contributed by atoms with van der Waals surface area (Å²) in [6.45, 7) is 5.10. The summed E-state index contributed by atoms with van der Waals surface area (Å²) in [6, 6.07) is 0. The van der Waals surface area contributed by atoms with Crippen molar-refractivity contribution in [3.63, 3.8) is 0 Å². The number of fused-ring (bicyclic) bond motifs is 1. The number of carbonyl (C=O) groups is 2. The number of aromatic nitrogens is 2. The normalized spacial score (nSPS) is 19.2. The fourth-order valence-corrected chi connectivity index (χ4v) is 4.17. The van der Waals surface area contributed by atoms with Gasteiger partial charge in [-0.25, -0.2) is 4.98 Å². The highest BCUT2D eigenvalue weighted by atomic mass is 16.4. The van der Waals surface area contributed by atoms with E-state index in [9.17, 15) is 14.7 Å². The van der Waals surface area contributed by atoms with Crippen molar-refractivity contribution in [2.24, 2.45) is 0 Å². The second kappa shape index (κ2) is 6.64. The molecule has 4 rings (SSSR count). The molecular weight excluding hydrogens is 346 g/mol. The van der Waals surface area contributed by atoms with Crippen molar-refractivity contribution in [3.05, 3.63) is 40.9 Å². The molecule has 0 bridgehead atoms. The van der Waals surface area contributed by atoms with Crippen molar-refractivity contribution < 1.29 is 19.1 Å². The molecule has 7 heteroatoms. The average Bonchev–Trinajstić information content (AvgIpc) is 3.19. The number of hydrogen-bond donors (Lipinski definition) is 1. The summed E-state index contributed by atoms with van der Waals surface area (Å²) < 4.78 is 7.73. The number of aryl methyl sites for hydroxylation is 2. The van der Waals surface area contributed by atoms with Crippen LogP contribution in [0.1, 0.15) is 63.7 Å². The van der Waals surface area contributed by atoms with Crippen LogP contribution in [0.25, 0.3) is 0 Å². The van der Waals surface area contributed by atoms with E-state index in [0.29, 0.717) is 62.2 Å². The molecule has 1 aliphatic heterocycles. The number of rotatable bonds is 3. The number of hydrogen-bond acceptors (Lipinski definition) is 5. The van der Waals surface area contributed by atoms with Crippen molar-refractivity contribution in [2.45, 2.75) is 58.1 Å². The van der Waals surface area contributed by atoms with E-state index < -0.39 is 5.60 Å². The first kappa shape index (κ1) is 18.0. The van der Waals surface area contributed by atoms with Gasteiger partial charge in [0.2, 0.25) is 0 Å². The smallest absolute Gasteiger partial charge is 0.289 e. The molecule has 0 saturated carbocycles. The zero-order valence-electron chi connectivity index (χ0n) is 15.8. The zero-order chi connectivity index (χ0) is 19.2. The van der Waals surface area contributed by atoms with E-state index in [1.54, 1.807) is 18.0 Å². The Hall–Kier alpha value is -2.41. The van der Waals surface area contributed by atoms with Gasteiger partial charge in [0.15, 0.2) is 11.5 Å². The summed E-state index contributed by atoms with van der Waals surface area (Å²) in [7, 11) is 0. The fourth-order valence-electron chi connectivity index (χ4n) is 4.17. The van der Waals surface area contributed by atoms with E-state index in [-0.39, 0.29) is 17.5 Å². The summed E-state index contributed by atoms with van der Waals surface area (Å²) >= 11 is 0. The van der Waals surface area contributed by atoms with Gasteiger partial charge < -0.3 is 19.0 Å². The maximum atomic E-state index is 13.0. The summed E-state index contributed by atoms with van der Waals surface area (Å²) in [4.78, 5) is 31.0. The largest absolute Gasteiger partial charge is 0.455 e. The number of likely N-dealkylation sites (tertiary alicyclic amines) is 1. The van der Waals surface area contributed by atoms with E-state index in [2.05, 4.69) is 4.98 Å². The third-order valence-electron chi connectivity index (χ3n) is 5.87. The molecule has 2 aromatic rings. The third-order valence-corrected chi connectivity index (χ3v) is 5.87. The number of nitrogens with zero attached hydrogens (tertiary/aromatic N) is 3. The minimum atomic E-state index is -0.852. The molecule has 1 aliphatic carbocycles. The Morgan fingerprint density at radius 2 is 2.04 bits per heavy atom. The fraction of sp³-hybridized carbons (Fsp3) is 0.550. The zero-order valence-corrected chi connectivity index (χ0v) is 15.8. The number of amides is 1. The third kappa shape index (κ3) is 3.20. The number of aliphatic hydroxyl groups is 1. The van der Waals surface area contributed by atoms with Gasteiger partial charge in [-0.3, -0.25) is 9.59 Å². The Bertz CT molecular complexity index is 887. The molecule has 3 heterocycles. The minimum Gasteiger partial charge on any atom is -0.455 e. The van der Waals surface area contributed by atoms with E-state index >= 15 is 0 Å². The van der Waals surface area contributed by atoms with Gasteiger partial charge in [-0.15, -0.1) is 0 Å². The average molecular weight is 371 g/mol. The Balaban J connectivity index is 1.46. The predicted molar refractivity (Wildman–Crippen MR) is 97.8 cm³/mol. The Labute approximate surface area is 158 Å². The molecular formula is C20H25N3O4. The first-order valence-electron chi connectivity index (χ1n) is 9.53. The van der Waals surface area contributed by atoms with Crippen LogP contribution in [0.5, 0.6) is 0 Å². The van der Waals surface area contributed by atoms with E-state index in [1.165, 1.54) is 0 Å². The number of Topliss-reactive ketones (excluding diaryl/α,β-unsaturated/α-hetero) is 1. The van der Waals surface area contributed by atoms with Gasteiger partial charge in [0.1, 0.15) is 11.6 Å². The van der Waals surface area contributed by atoms with Crippen molar-refractivity contribution in [2.75, 3.05) is 13.1 Å². The summed E-state index contributed by atoms with van der Waals surface area (Å²) in [5.41, 5.74) is 0.415. The van der Waals surface area contributed by atoms with E-state index in [0.717, 1.165) is 12.2 Å². The monoisotopic (exact) mass is 371 g/mol. The Morgan fingerprint density at radius 3 is 2.67 bits per heavy atom. The summed E-state index contributed by atoms with van der Waals surface area (Å²) in [5, 5.41) is 10.9. The van der Waals surface area contributed by atoms with Gasteiger partial charge in [0.05, 0.1) is 17.7 Å². The maximum Gasteiger partial charge on any atom is 0.289 e. The van der Waals surface area contributed by atoms with Crippen LogP contribution in [0.15, 0.2) is 16.8 Å². The van der Waals surface area contributed by atoms with Crippen LogP contribution in [0.3, 0.4) is 0 Å². The van der Waals surface area contributed by atoms with Gasteiger partial charge in [-0.1, -0.05) is 0 Å². The van der Waals surface area contributed by atoms with Gasteiger partial charge in [0.25, 0.3) is 5.91 Å². The van der Waals surface area contributed by atoms with Crippen LogP contribution in [0, 0.1) is 13.8 Å². The molecule has 1 saturated heterocycles. The molecule has 0 radical (unpaired) electrons. The van der Waals surface area contributed by atoms with Gasteiger partial charge >= 0.3 is 0 Å². The lowest BCUT2D eigenvalue weighted by Gasteiger charge is -2.38. The van der Waals surface area contributed by atoms with Crippen molar-refractivity contribution in [1.29, 1.82) is 0 Å². The molecule has 1 amide bonds. The Kier molecular flexibility index (Phi) is 4.42. The number of imidazole rings is 1. The quantitative estimate of drug-likeness (QED) is 0.894. The lowest BCUT2D eigenvalue weighted by atomic mass is 9.90. The lowest BCUT2D eigenvalue weighted by molar-refractivity contribution is -0.0301. The van der Waals surface area contributed by atoms with Crippen LogP contribution in [-0.2, 0) is 13.0 Å². The van der Waals surface area contributed by atoms with Crippen molar-refractivity contribution in [1.82, 2.24) is 14.5 Å². The molecule has 27 heavy (non-hydrogen) atoms. The second-order valence-corrected chi connectivity index (χ2v) is 7.75. The number of piperidine rings is 1. The van der Waals surface area contributed by atoms with E-state index in [1.807, 2.05) is 17.7 Å². The first-order chi connectivity index (χ1) is 12.9. The summed E-state index contributed by atoms with van der Waals surface area (Å²) in [5.74, 6) is 1.68. The van der Waals surface area contributed by atoms with Gasteiger partial charge in [0, 0.05) is 43.9 Å². The predicted octanol–water partition coefficient (Wildman–Crippen LogP) is 2.28. The van der Waals surface area contributed by atoms with Crippen molar-refractivity contribution >= 4 is 11.7 Å². The second-order valence-electron chi connectivity index (χ2n) is 7.75. The minimum absolute atomic E-state index is 0.0697. The standard InChI is InChI=1S/C20H25N3O4/c1-13-17-15(24)4-3-5-16(17)27-18(13)19(25)22-9-6-20(26,7-10-22)12-23-11-8-21-14(23)2/h8,11,26H,3-7,9-10,12H2,1-2H3. The molecule has 7 nitrogen and oxygen atoms in total. The number of furan rings is 1. The van der Waals surface area contributed by atoms with Crippen LogP contribution < -0.4 is 0 Å². The number of carbonyl (C=O) groups excluding carboxylic acids is 2. The SMILES string of the molecule is Cc1c(C(=O)N2CCC(O)(Cn3ccnc3C)CC2)oc2c1C(=O)CCC2. The molecule has 0 aromatic carbocycles. The highest BCUT2D eigenvalue weighted by Crippen LogP contribution is 2.31. The van der Waals surface area contributed by atoms with Crippen LogP contribution in [-0.4, -0.2) is 49.9 Å². The highest BCUT2D eigenvalue weighted by molar-refractivity contribution is 6.03. The first-order valence-corrected chi connectivity index (χ1v) is 9.53. The van der Waals surface area contributed by atoms with Gasteiger partial charge in [-0.05, 0) is 33.1 Å². The molecule has 2 aliphatic rings. The van der Waals surface area contributed by atoms with E-state index in [4.69, 9.17) is 4.42 Å². The Morgan fingerprint density at radius 1 is 1.30 bits per heavy atom. The molecule has 144 valence electrons. The maximum absolute atomic E-state index is 13.0. The van der Waals surface area contributed by atoms with Crippen molar-refractivity contribution in [3.8, 4) is 0 Å². The molecule has 1 fully saturated rings. The lowest BCUT2D eigenvalue weighted by Crippen LogP contribution is -2.48. The molecule has 0 unspecified atom stereocenters. The molecule has 2 aromatic heterocycles. The van der Waals surface area contributed by atoms with Gasteiger partial charge in [-0.2, -0.15) is 0 Å². The summed E-state index contributed by atoms with van der Waals surface area (Å²) in [6.07, 6.45) is 6.57. The van der Waals surface area contributed by atoms with Crippen LogP contribution >= 0.6 is 0 Å².